The van der Waals surface area contributed by atoms with Crippen molar-refractivity contribution in [3.63, 3.8) is 0 Å². The van der Waals surface area contributed by atoms with Gasteiger partial charge < -0.3 is 67.9 Å². The number of aliphatic imine (C=N–C) groups is 2. The van der Waals surface area contributed by atoms with E-state index in [-0.39, 0.29) is 135 Å². The summed E-state index contributed by atoms with van der Waals surface area (Å²) in [4.78, 5) is 31.0. The molecular formula is C43H47Br4N5Ni2O2-4. The molecule has 308 valence electrons. The molecule has 0 aliphatic rings. The number of rotatable bonds is 11. The van der Waals surface area contributed by atoms with Gasteiger partial charge in [-0.1, -0.05) is 67.5 Å². The van der Waals surface area contributed by atoms with Gasteiger partial charge in [0.05, 0.1) is 40.1 Å². The average Bonchev–Trinajstić information content (AvgIpc) is 3.09. The summed E-state index contributed by atoms with van der Waals surface area (Å²) < 4.78 is 0. The fraction of sp³-hybridized carbons (Fsp3) is 0.302. The van der Waals surface area contributed by atoms with Crippen molar-refractivity contribution in [3.8, 4) is 22.3 Å². The van der Waals surface area contributed by atoms with Crippen LogP contribution in [0.15, 0.2) is 95.2 Å². The van der Waals surface area contributed by atoms with E-state index < -0.39 is 0 Å². The maximum absolute atomic E-state index is 12.5. The van der Waals surface area contributed by atoms with Crippen LogP contribution in [0.1, 0.15) is 118 Å². The number of nitrogens with zero attached hydrogens (tertiary/aromatic N) is 5. The first-order chi connectivity index (χ1) is 23.8. The summed E-state index contributed by atoms with van der Waals surface area (Å²) in [5.74, 6) is 0.678. The molecule has 0 amide bonds. The van der Waals surface area contributed by atoms with Gasteiger partial charge in [0.25, 0.3) is 5.69 Å². The minimum absolute atomic E-state index is 0. The smallest absolute Gasteiger partial charge is 0.270 e. The van der Waals surface area contributed by atoms with Gasteiger partial charge in [-0.25, -0.2) is 0 Å². The predicted octanol–water partition coefficient (Wildman–Crippen LogP) is 0.0330. The number of aromatic nitrogens is 2. The van der Waals surface area contributed by atoms with Crippen molar-refractivity contribution in [2.45, 2.75) is 86.0 Å². The van der Waals surface area contributed by atoms with Crippen LogP contribution in [0.5, 0.6) is 0 Å². The number of pyridine rings is 2. The van der Waals surface area contributed by atoms with E-state index in [4.69, 9.17) is 9.98 Å². The summed E-state index contributed by atoms with van der Waals surface area (Å²) in [5, 5.41) is 12.5. The Hall–Kier alpha value is -2.39. The monoisotopic (exact) mass is 1100 g/mol. The van der Waals surface area contributed by atoms with Crippen molar-refractivity contribution in [1.29, 1.82) is 0 Å². The van der Waals surface area contributed by atoms with E-state index in [2.05, 4.69) is 96.5 Å². The molecule has 5 rings (SSSR count). The van der Waals surface area contributed by atoms with E-state index in [0.29, 0.717) is 0 Å². The summed E-state index contributed by atoms with van der Waals surface area (Å²) in [5.41, 5.74) is 12.4. The predicted molar refractivity (Wildman–Crippen MR) is 208 cm³/mol. The molecule has 5 aromatic rings. The molecule has 0 radical (unpaired) electrons. The van der Waals surface area contributed by atoms with Crippen LogP contribution in [0.3, 0.4) is 0 Å². The molecule has 13 heteroatoms. The van der Waals surface area contributed by atoms with Gasteiger partial charge in [-0.05, 0) is 129 Å². The molecule has 2 aromatic heterocycles. The van der Waals surface area contributed by atoms with Crippen LogP contribution in [-0.4, -0.2) is 27.3 Å². The van der Waals surface area contributed by atoms with Gasteiger partial charge in [0.2, 0.25) is 0 Å². The zero-order valence-corrected chi connectivity index (χ0v) is 41.1. The number of non-ortho nitro benzene ring substituents is 1. The quantitative estimate of drug-likeness (QED) is 0.0810. The Morgan fingerprint density at radius 2 is 0.893 bits per heavy atom. The van der Waals surface area contributed by atoms with Gasteiger partial charge in [0, 0.05) is 57.5 Å². The molecule has 0 aliphatic carbocycles. The number of nitro benzene ring substituents is 1. The second-order valence-corrected chi connectivity index (χ2v) is 14.1. The topological polar surface area (TPSA) is 93.6 Å². The molecule has 0 atom stereocenters. The van der Waals surface area contributed by atoms with Crippen molar-refractivity contribution in [2.24, 2.45) is 9.98 Å². The molecule has 2 heterocycles. The van der Waals surface area contributed by atoms with Crippen LogP contribution < -0.4 is 67.9 Å². The Kier molecular flexibility index (Phi) is 25.0. The van der Waals surface area contributed by atoms with Crippen molar-refractivity contribution in [3.05, 3.63) is 135 Å². The minimum atomic E-state index is -0.289. The molecule has 3 aromatic carbocycles. The van der Waals surface area contributed by atoms with E-state index in [1.165, 1.54) is 0 Å². The van der Waals surface area contributed by atoms with Crippen LogP contribution >= 0.6 is 0 Å². The van der Waals surface area contributed by atoms with Crippen LogP contribution in [-0.2, 0) is 33.0 Å². The maximum atomic E-state index is 12.5. The number of hydrogen-bond acceptors (Lipinski definition) is 6. The van der Waals surface area contributed by atoms with E-state index in [9.17, 15) is 10.1 Å². The van der Waals surface area contributed by atoms with Gasteiger partial charge in [0.1, 0.15) is 0 Å². The van der Waals surface area contributed by atoms with Crippen LogP contribution in [0.25, 0.3) is 22.3 Å². The Balaban J connectivity index is 0. The van der Waals surface area contributed by atoms with Crippen LogP contribution in [0, 0.1) is 17.0 Å². The molecular weight excluding hydrogens is 1060 g/mol. The summed E-state index contributed by atoms with van der Waals surface area (Å²) in [6.45, 7) is 19.4. The molecule has 0 unspecified atom stereocenters. The molecule has 56 heavy (non-hydrogen) atoms. The first-order valence-electron chi connectivity index (χ1n) is 17.4. The minimum Gasteiger partial charge on any atom is -1.00 e. The Labute approximate surface area is 394 Å². The molecule has 0 spiro atoms. The van der Waals surface area contributed by atoms with E-state index in [1.807, 2.05) is 48.8 Å². The van der Waals surface area contributed by atoms with Crippen molar-refractivity contribution >= 4 is 29.5 Å². The normalized spacial score (nSPS) is 10.7. The Bertz CT molecular complexity index is 1880. The van der Waals surface area contributed by atoms with E-state index in [0.717, 1.165) is 72.8 Å². The Morgan fingerprint density at radius 1 is 0.571 bits per heavy atom. The summed E-state index contributed by atoms with van der Waals surface area (Å²) in [6, 6.07) is 23.6. The second-order valence-electron chi connectivity index (χ2n) is 14.1. The third-order valence-corrected chi connectivity index (χ3v) is 9.08. The molecule has 0 bridgehead atoms. The van der Waals surface area contributed by atoms with Gasteiger partial charge in [-0.3, -0.25) is 30.1 Å². The molecule has 0 saturated heterocycles. The molecule has 0 fully saturated rings. The van der Waals surface area contributed by atoms with Gasteiger partial charge >= 0.3 is 0 Å². The molecule has 0 saturated carbocycles. The third kappa shape index (κ3) is 13.3. The fourth-order valence-corrected chi connectivity index (χ4v) is 6.30. The summed E-state index contributed by atoms with van der Waals surface area (Å²) >= 11 is 0. The third-order valence-electron chi connectivity index (χ3n) is 9.08. The zero-order valence-electron chi connectivity index (χ0n) is 32.7. The van der Waals surface area contributed by atoms with Crippen LogP contribution in [0.4, 0.5) is 17.1 Å². The zero-order chi connectivity index (χ0) is 36.1. The number of benzene rings is 3. The van der Waals surface area contributed by atoms with Gasteiger partial charge in [0.15, 0.2) is 0 Å². The SMILES string of the molecule is Cc1c(-c2cc(C(C)C)c(N=Cc3ccccn3)c(C(C)C)c2)cc([N+](=O)[O-])cc1-c1cc(C(C)C)c(N=Cc2ccccn2)c(C(C)C)c1.[Br-].[Br-].[Br-].[Br-].[Ni].[Ni]. The number of nitro groups is 1. The number of halogens is 4. The Morgan fingerprint density at radius 3 is 1.14 bits per heavy atom. The van der Waals surface area contributed by atoms with E-state index in [1.54, 1.807) is 24.5 Å². The average molecular weight is 1100 g/mol. The number of hydrogen-bond donors (Lipinski definition) is 0. The van der Waals surface area contributed by atoms with Crippen molar-refractivity contribution < 1.29 is 106 Å². The maximum Gasteiger partial charge on any atom is 0.270 e. The van der Waals surface area contributed by atoms with Crippen LogP contribution in [0.2, 0.25) is 0 Å². The summed E-state index contributed by atoms with van der Waals surface area (Å²) in [7, 11) is 0. The fourth-order valence-electron chi connectivity index (χ4n) is 6.30. The second kappa shape index (κ2) is 25.2. The first kappa shape index (κ1) is 55.7. The largest absolute Gasteiger partial charge is 1.00 e. The molecule has 0 N–H and O–H groups in total. The van der Waals surface area contributed by atoms with Crippen molar-refractivity contribution in [1.82, 2.24) is 9.97 Å². The first-order valence-corrected chi connectivity index (χ1v) is 17.4. The molecule has 0 aliphatic heterocycles. The van der Waals surface area contributed by atoms with Gasteiger partial charge in [-0.15, -0.1) is 0 Å². The molecule has 7 nitrogen and oxygen atoms in total. The summed E-state index contributed by atoms with van der Waals surface area (Å²) in [6.07, 6.45) is 7.15. The van der Waals surface area contributed by atoms with Crippen molar-refractivity contribution in [2.75, 3.05) is 0 Å². The van der Waals surface area contributed by atoms with E-state index >= 15 is 0 Å². The van der Waals surface area contributed by atoms with Gasteiger partial charge in [-0.2, -0.15) is 0 Å². The standard InChI is InChI=1S/C43H47N5O2.4BrH.2Ni/c1-26(2)36-18-31(19-37(27(3)4)42(36)46-24-33-14-10-12-16-44-33)40-22-35(48(49)50)23-41(30(40)9)32-20-38(28(5)6)43(39(21-32)29(7)8)47-25-34-15-11-13-17-45-34;;;;;;/h10-29H,1-9H3;4*1H;;/p-4.